The molecule has 0 aromatic heterocycles. The van der Waals surface area contributed by atoms with E-state index in [0.717, 1.165) is 16.9 Å². The average molecular weight is 399 g/mol. The summed E-state index contributed by atoms with van der Waals surface area (Å²) in [6.45, 7) is 1.06. The molecule has 5 nitrogen and oxygen atoms in total. The molecule has 1 unspecified atom stereocenters. The maximum absolute atomic E-state index is 12.8. The Bertz CT molecular complexity index is 821. The highest BCUT2D eigenvalue weighted by molar-refractivity contribution is 7.98. The molecule has 1 fully saturated rings. The van der Waals surface area contributed by atoms with Gasteiger partial charge in [0.2, 0.25) is 11.8 Å². The molecule has 0 N–H and O–H groups in total. The minimum absolute atomic E-state index is 0.0897. The van der Waals surface area contributed by atoms with Crippen LogP contribution in [0.15, 0.2) is 53.4 Å². The van der Waals surface area contributed by atoms with Crippen molar-refractivity contribution in [1.29, 1.82) is 0 Å². The molecule has 148 valence electrons. The van der Waals surface area contributed by atoms with Crippen LogP contribution in [0, 0.1) is 0 Å². The van der Waals surface area contributed by atoms with Crippen LogP contribution in [0.2, 0.25) is 0 Å². The van der Waals surface area contributed by atoms with Crippen LogP contribution in [-0.4, -0.2) is 54.6 Å². The fraction of sp³-hybridized carbons (Fsp3) is 0.364. The fourth-order valence-corrected chi connectivity index (χ4v) is 3.82. The number of carbonyl (C=O) groups is 2. The third-order valence-electron chi connectivity index (χ3n) is 5.13. The van der Waals surface area contributed by atoms with E-state index in [-0.39, 0.29) is 24.3 Å². The Morgan fingerprint density at radius 3 is 2.32 bits per heavy atom. The topological polar surface area (TPSA) is 49.9 Å². The second-order valence-corrected chi connectivity index (χ2v) is 7.84. The normalized spacial score (nSPS) is 16.9. The second-order valence-electron chi connectivity index (χ2n) is 6.96. The summed E-state index contributed by atoms with van der Waals surface area (Å²) in [5.41, 5.74) is 2.21. The van der Waals surface area contributed by atoms with E-state index in [1.54, 1.807) is 18.9 Å². The molecular formula is C22H26N2O3S. The minimum atomic E-state index is -0.386. The molecule has 0 bridgehead atoms. The maximum atomic E-state index is 12.8. The summed E-state index contributed by atoms with van der Waals surface area (Å²) in [4.78, 5) is 29.8. The molecule has 0 aliphatic carbocycles. The number of likely N-dealkylation sites (N-methyl/N-ethyl adjacent to an activating group) is 1. The minimum Gasteiger partial charge on any atom is -0.497 e. The molecule has 28 heavy (non-hydrogen) atoms. The van der Waals surface area contributed by atoms with Crippen molar-refractivity contribution in [1.82, 2.24) is 9.80 Å². The SMILES string of the molecule is COc1ccc(CCN2C(=O)CC(N(C)Cc3ccc(SC)cc3)C2=O)cc1. The van der Waals surface area contributed by atoms with E-state index in [2.05, 4.69) is 24.3 Å². The number of rotatable bonds is 8. The van der Waals surface area contributed by atoms with E-state index < -0.39 is 0 Å². The van der Waals surface area contributed by atoms with Crippen molar-refractivity contribution in [3.8, 4) is 5.75 Å². The molecule has 6 heteroatoms. The van der Waals surface area contributed by atoms with Gasteiger partial charge in [0.1, 0.15) is 5.75 Å². The molecule has 2 aromatic rings. The zero-order valence-corrected chi connectivity index (χ0v) is 17.4. The van der Waals surface area contributed by atoms with Gasteiger partial charge in [0.15, 0.2) is 0 Å². The number of ether oxygens (including phenoxy) is 1. The predicted molar refractivity (Wildman–Crippen MR) is 112 cm³/mol. The molecule has 2 aromatic carbocycles. The van der Waals surface area contributed by atoms with Gasteiger partial charge < -0.3 is 4.74 Å². The van der Waals surface area contributed by atoms with Crippen LogP contribution >= 0.6 is 11.8 Å². The first-order valence-corrected chi connectivity index (χ1v) is 10.5. The summed E-state index contributed by atoms with van der Waals surface area (Å²) in [6.07, 6.45) is 2.94. The Hall–Kier alpha value is -2.31. The van der Waals surface area contributed by atoms with Crippen LogP contribution < -0.4 is 4.74 Å². The first kappa shape index (κ1) is 20.4. The molecular weight excluding hydrogens is 372 g/mol. The summed E-state index contributed by atoms with van der Waals surface area (Å²) in [5.74, 6) is 0.610. The molecule has 3 rings (SSSR count). The van der Waals surface area contributed by atoms with Gasteiger partial charge in [-0.1, -0.05) is 24.3 Å². The molecule has 1 heterocycles. The van der Waals surface area contributed by atoms with Crippen LogP contribution in [0.5, 0.6) is 5.75 Å². The van der Waals surface area contributed by atoms with Gasteiger partial charge in [-0.3, -0.25) is 19.4 Å². The van der Waals surface area contributed by atoms with Gasteiger partial charge in [-0.15, -0.1) is 11.8 Å². The Morgan fingerprint density at radius 2 is 1.71 bits per heavy atom. The van der Waals surface area contributed by atoms with Gasteiger partial charge in [0, 0.05) is 18.0 Å². The van der Waals surface area contributed by atoms with Gasteiger partial charge >= 0.3 is 0 Å². The van der Waals surface area contributed by atoms with E-state index in [9.17, 15) is 9.59 Å². The number of imide groups is 1. The van der Waals surface area contributed by atoms with Crippen molar-refractivity contribution in [3.63, 3.8) is 0 Å². The Kier molecular flexibility index (Phi) is 6.75. The largest absolute Gasteiger partial charge is 0.497 e. The lowest BCUT2D eigenvalue weighted by atomic mass is 10.1. The number of methoxy groups -OCH3 is 1. The van der Waals surface area contributed by atoms with Crippen molar-refractivity contribution in [2.45, 2.75) is 30.3 Å². The standard InChI is InChI=1S/C22H26N2O3S/c1-23(15-17-6-10-19(28-3)11-7-17)20-14-21(25)24(22(20)26)13-12-16-4-8-18(27-2)9-5-16/h4-11,20H,12-15H2,1-3H3. The van der Waals surface area contributed by atoms with E-state index in [1.807, 2.05) is 42.5 Å². The molecule has 0 radical (unpaired) electrons. The summed E-state index contributed by atoms with van der Waals surface area (Å²) in [6, 6.07) is 15.6. The molecule has 0 saturated carbocycles. The van der Waals surface area contributed by atoms with Gasteiger partial charge in [-0.05, 0) is 55.1 Å². The Labute approximate surface area is 170 Å². The summed E-state index contributed by atoms with van der Waals surface area (Å²) in [5, 5.41) is 0. The first-order valence-electron chi connectivity index (χ1n) is 9.32. The number of carbonyl (C=O) groups excluding carboxylic acids is 2. The van der Waals surface area contributed by atoms with Crippen molar-refractivity contribution in [3.05, 3.63) is 59.7 Å². The molecule has 1 atom stereocenters. The van der Waals surface area contributed by atoms with E-state index in [1.165, 1.54) is 9.80 Å². The summed E-state index contributed by atoms with van der Waals surface area (Å²) >= 11 is 1.70. The quantitative estimate of drug-likeness (QED) is 0.505. The monoisotopic (exact) mass is 398 g/mol. The molecule has 1 aliphatic heterocycles. The van der Waals surface area contributed by atoms with Crippen molar-refractivity contribution in [2.24, 2.45) is 0 Å². The third-order valence-corrected chi connectivity index (χ3v) is 5.87. The van der Waals surface area contributed by atoms with Crippen LogP contribution in [0.4, 0.5) is 0 Å². The lowest BCUT2D eigenvalue weighted by Gasteiger charge is -2.23. The summed E-state index contributed by atoms with van der Waals surface area (Å²) < 4.78 is 5.16. The first-order chi connectivity index (χ1) is 13.5. The number of benzene rings is 2. The van der Waals surface area contributed by atoms with E-state index >= 15 is 0 Å². The van der Waals surface area contributed by atoms with Crippen molar-refractivity contribution < 1.29 is 14.3 Å². The van der Waals surface area contributed by atoms with E-state index in [4.69, 9.17) is 4.74 Å². The number of nitrogens with zero attached hydrogens (tertiary/aromatic N) is 2. The van der Waals surface area contributed by atoms with Crippen LogP contribution in [0.3, 0.4) is 0 Å². The Morgan fingerprint density at radius 1 is 1.07 bits per heavy atom. The lowest BCUT2D eigenvalue weighted by molar-refractivity contribution is -0.139. The van der Waals surface area contributed by atoms with Gasteiger partial charge in [-0.25, -0.2) is 0 Å². The van der Waals surface area contributed by atoms with E-state index in [0.29, 0.717) is 19.5 Å². The number of likely N-dealkylation sites (tertiary alicyclic amines) is 1. The molecule has 1 aliphatic rings. The number of thioether (sulfide) groups is 1. The zero-order valence-electron chi connectivity index (χ0n) is 16.6. The fourth-order valence-electron chi connectivity index (χ4n) is 3.41. The predicted octanol–water partition coefficient (Wildman–Crippen LogP) is 3.22. The van der Waals surface area contributed by atoms with Crippen molar-refractivity contribution >= 4 is 23.6 Å². The lowest BCUT2D eigenvalue weighted by Crippen LogP contribution is -2.40. The highest BCUT2D eigenvalue weighted by Crippen LogP contribution is 2.22. The Balaban J connectivity index is 1.58. The molecule has 1 saturated heterocycles. The number of amides is 2. The number of hydrogen-bond acceptors (Lipinski definition) is 5. The maximum Gasteiger partial charge on any atom is 0.247 e. The zero-order chi connectivity index (χ0) is 20.1. The van der Waals surface area contributed by atoms with Crippen molar-refractivity contribution in [2.75, 3.05) is 27.0 Å². The van der Waals surface area contributed by atoms with Crippen LogP contribution in [0.25, 0.3) is 0 Å². The number of hydrogen-bond donors (Lipinski definition) is 0. The highest BCUT2D eigenvalue weighted by Gasteiger charge is 2.40. The van der Waals surface area contributed by atoms with Crippen LogP contribution in [0.1, 0.15) is 17.5 Å². The third kappa shape index (κ3) is 4.75. The highest BCUT2D eigenvalue weighted by atomic mass is 32.2. The smallest absolute Gasteiger partial charge is 0.247 e. The molecule has 2 amide bonds. The summed E-state index contributed by atoms with van der Waals surface area (Å²) in [7, 11) is 3.54. The average Bonchev–Trinajstić information content (AvgIpc) is 3.01. The van der Waals surface area contributed by atoms with Gasteiger partial charge in [0.05, 0.1) is 19.6 Å². The molecule has 0 spiro atoms. The second kappa shape index (κ2) is 9.26. The van der Waals surface area contributed by atoms with Gasteiger partial charge in [0.25, 0.3) is 0 Å². The van der Waals surface area contributed by atoms with Crippen LogP contribution in [-0.2, 0) is 22.6 Å². The van der Waals surface area contributed by atoms with Gasteiger partial charge in [-0.2, -0.15) is 0 Å².